The molecule has 2 heterocycles. The smallest absolute Gasteiger partial charge is 0.243 e. The van der Waals surface area contributed by atoms with Crippen LogP contribution in [-0.2, 0) is 14.8 Å². The van der Waals surface area contributed by atoms with Crippen LogP contribution in [0.4, 0.5) is 0 Å². The summed E-state index contributed by atoms with van der Waals surface area (Å²) in [6, 6.07) is 14.1. The highest BCUT2D eigenvalue weighted by molar-refractivity contribution is 7.89. The summed E-state index contributed by atoms with van der Waals surface area (Å²) in [6.45, 7) is 3.26. The fourth-order valence-corrected chi connectivity index (χ4v) is 5.51. The van der Waals surface area contributed by atoms with Gasteiger partial charge in [-0.2, -0.15) is 4.31 Å². The maximum Gasteiger partial charge on any atom is 0.243 e. The number of nitrogens with zero attached hydrogens (tertiary/aromatic N) is 2. The van der Waals surface area contributed by atoms with Crippen LogP contribution in [0.5, 0.6) is 0 Å². The third kappa shape index (κ3) is 4.38. The number of sulfonamides is 1. The van der Waals surface area contributed by atoms with Gasteiger partial charge in [-0.1, -0.05) is 41.4 Å². The van der Waals surface area contributed by atoms with Crippen LogP contribution >= 0.6 is 11.6 Å². The number of hydrogen-bond donors (Lipinski definition) is 2. The maximum absolute atomic E-state index is 12.9. The largest absolute Gasteiger partial charge is 0.339 e. The molecule has 2 atom stereocenters. The van der Waals surface area contributed by atoms with Crippen molar-refractivity contribution in [2.75, 3.05) is 26.2 Å². The molecule has 0 aliphatic carbocycles. The summed E-state index contributed by atoms with van der Waals surface area (Å²) in [5.41, 5.74) is 8.28. The minimum atomic E-state index is -3.54. The lowest BCUT2D eigenvalue weighted by atomic mass is 10.0. The molecule has 1 amide bonds. The van der Waals surface area contributed by atoms with E-state index in [0.29, 0.717) is 42.5 Å². The van der Waals surface area contributed by atoms with Crippen molar-refractivity contribution in [3.8, 4) is 0 Å². The number of benzene rings is 2. The first-order valence-corrected chi connectivity index (χ1v) is 11.8. The molecular formula is C21H25ClN4O3S. The Hall–Kier alpha value is -1.97. The molecule has 160 valence electrons. The topological polar surface area (TPSA) is 81.8 Å². The zero-order chi connectivity index (χ0) is 21.3. The molecule has 0 bridgehead atoms. The lowest BCUT2D eigenvalue weighted by Gasteiger charge is -2.35. The van der Waals surface area contributed by atoms with Crippen LogP contribution in [0.1, 0.15) is 23.6 Å². The van der Waals surface area contributed by atoms with Gasteiger partial charge in [0, 0.05) is 37.2 Å². The van der Waals surface area contributed by atoms with E-state index in [-0.39, 0.29) is 18.0 Å². The molecule has 0 spiro atoms. The molecule has 0 saturated carbocycles. The van der Waals surface area contributed by atoms with Gasteiger partial charge in [0.05, 0.1) is 4.90 Å². The number of carbonyl (C=O) groups excluding carboxylic acids is 1. The van der Waals surface area contributed by atoms with E-state index in [1.165, 1.54) is 4.31 Å². The van der Waals surface area contributed by atoms with Gasteiger partial charge >= 0.3 is 0 Å². The quantitative estimate of drug-likeness (QED) is 0.748. The lowest BCUT2D eigenvalue weighted by molar-refractivity contribution is -0.134. The molecule has 4 rings (SSSR count). The third-order valence-corrected chi connectivity index (χ3v) is 7.81. The number of rotatable bonds is 4. The predicted molar refractivity (Wildman–Crippen MR) is 115 cm³/mol. The average Bonchev–Trinajstić information content (AvgIpc) is 3.24. The summed E-state index contributed by atoms with van der Waals surface area (Å²) < 4.78 is 27.2. The number of piperazine rings is 1. The first kappa shape index (κ1) is 21.3. The van der Waals surface area contributed by atoms with E-state index in [0.717, 1.165) is 11.1 Å². The average molecular weight is 449 g/mol. The Morgan fingerprint density at radius 2 is 1.73 bits per heavy atom. The summed E-state index contributed by atoms with van der Waals surface area (Å²) in [4.78, 5) is 15.0. The summed E-state index contributed by atoms with van der Waals surface area (Å²) >= 11 is 6.07. The first-order valence-electron chi connectivity index (χ1n) is 9.97. The van der Waals surface area contributed by atoms with Gasteiger partial charge in [-0.15, -0.1) is 0 Å². The molecule has 2 aromatic carbocycles. The third-order valence-electron chi connectivity index (χ3n) is 5.66. The molecule has 2 aromatic rings. The van der Waals surface area contributed by atoms with Gasteiger partial charge in [-0.25, -0.2) is 19.3 Å². The van der Waals surface area contributed by atoms with Crippen LogP contribution in [0, 0.1) is 6.92 Å². The monoisotopic (exact) mass is 448 g/mol. The zero-order valence-corrected chi connectivity index (χ0v) is 18.3. The van der Waals surface area contributed by atoms with Crippen molar-refractivity contribution in [1.29, 1.82) is 0 Å². The Morgan fingerprint density at radius 3 is 2.40 bits per heavy atom. The van der Waals surface area contributed by atoms with E-state index in [1.54, 1.807) is 29.2 Å². The highest BCUT2D eigenvalue weighted by Gasteiger charge is 2.36. The summed E-state index contributed by atoms with van der Waals surface area (Å²) in [5, 5.41) is 0.662. The van der Waals surface area contributed by atoms with Gasteiger partial charge in [0.15, 0.2) is 0 Å². The molecule has 2 fully saturated rings. The van der Waals surface area contributed by atoms with E-state index in [4.69, 9.17) is 11.6 Å². The van der Waals surface area contributed by atoms with Crippen LogP contribution in [-0.4, -0.2) is 55.8 Å². The minimum Gasteiger partial charge on any atom is -0.339 e. The minimum absolute atomic E-state index is 0.000791. The molecule has 30 heavy (non-hydrogen) atoms. The number of carbonyl (C=O) groups is 1. The Balaban J connectivity index is 1.35. The fraction of sp³-hybridized carbons (Fsp3) is 0.381. The van der Waals surface area contributed by atoms with E-state index in [1.807, 2.05) is 31.2 Å². The van der Waals surface area contributed by atoms with Crippen molar-refractivity contribution in [3.63, 3.8) is 0 Å². The van der Waals surface area contributed by atoms with Crippen molar-refractivity contribution in [1.82, 2.24) is 20.1 Å². The molecule has 2 aliphatic rings. The molecule has 7 nitrogen and oxygen atoms in total. The van der Waals surface area contributed by atoms with E-state index in [9.17, 15) is 13.2 Å². The fourth-order valence-electron chi connectivity index (χ4n) is 3.89. The highest BCUT2D eigenvalue weighted by Crippen LogP contribution is 2.26. The van der Waals surface area contributed by atoms with Crippen molar-refractivity contribution in [2.24, 2.45) is 0 Å². The van der Waals surface area contributed by atoms with Crippen LogP contribution < -0.4 is 10.9 Å². The Kier molecular flexibility index (Phi) is 6.13. The van der Waals surface area contributed by atoms with Gasteiger partial charge in [0.25, 0.3) is 0 Å². The van der Waals surface area contributed by atoms with Crippen LogP contribution in [0.3, 0.4) is 0 Å². The molecule has 2 unspecified atom stereocenters. The van der Waals surface area contributed by atoms with Crippen molar-refractivity contribution >= 4 is 27.5 Å². The van der Waals surface area contributed by atoms with Gasteiger partial charge < -0.3 is 4.90 Å². The molecule has 2 aliphatic heterocycles. The molecule has 2 N–H and O–H groups in total. The molecule has 9 heteroatoms. The van der Waals surface area contributed by atoms with Gasteiger partial charge in [0.1, 0.15) is 6.04 Å². The van der Waals surface area contributed by atoms with Crippen molar-refractivity contribution in [3.05, 3.63) is 64.7 Å². The van der Waals surface area contributed by atoms with Crippen LogP contribution in [0.15, 0.2) is 53.4 Å². The summed E-state index contributed by atoms with van der Waals surface area (Å²) in [5.74, 6) is -0.0144. The Bertz CT molecular complexity index is 1020. The number of amides is 1. The molecule has 2 saturated heterocycles. The SMILES string of the molecule is Cc1ccc(S(=O)(=O)N2CCN(C(=O)C3CC(c4cccc(Cl)c4)NN3)CC2)cc1. The molecule has 0 aromatic heterocycles. The molecular weight excluding hydrogens is 424 g/mol. The zero-order valence-electron chi connectivity index (χ0n) is 16.7. The van der Waals surface area contributed by atoms with Crippen LogP contribution in [0.25, 0.3) is 0 Å². The summed E-state index contributed by atoms with van der Waals surface area (Å²) in [7, 11) is -3.54. The van der Waals surface area contributed by atoms with Crippen LogP contribution in [0.2, 0.25) is 5.02 Å². The maximum atomic E-state index is 12.9. The number of nitrogens with one attached hydrogen (secondary N) is 2. The Labute approximate surface area is 182 Å². The van der Waals surface area contributed by atoms with Crippen molar-refractivity contribution in [2.45, 2.75) is 30.3 Å². The lowest BCUT2D eigenvalue weighted by Crippen LogP contribution is -2.54. The van der Waals surface area contributed by atoms with Gasteiger partial charge in [0.2, 0.25) is 15.9 Å². The highest BCUT2D eigenvalue weighted by atomic mass is 35.5. The first-order chi connectivity index (χ1) is 14.3. The normalized spacial score (nSPS) is 22.9. The van der Waals surface area contributed by atoms with Crippen molar-refractivity contribution < 1.29 is 13.2 Å². The predicted octanol–water partition coefficient (Wildman–Crippen LogP) is 2.09. The van der Waals surface area contributed by atoms with Gasteiger partial charge in [-0.05, 0) is 43.2 Å². The second-order valence-electron chi connectivity index (χ2n) is 7.73. The second kappa shape index (κ2) is 8.64. The van der Waals surface area contributed by atoms with E-state index >= 15 is 0 Å². The number of aryl methyl sites for hydroxylation is 1. The standard InChI is InChI=1S/C21H25ClN4O3S/c1-15-5-7-18(8-6-15)30(28,29)26-11-9-25(10-12-26)21(27)20-14-19(23-24-20)16-3-2-4-17(22)13-16/h2-8,13,19-20,23-24H,9-12,14H2,1H3. The van der Waals surface area contributed by atoms with Gasteiger partial charge in [-0.3, -0.25) is 4.79 Å². The Morgan fingerprint density at radius 1 is 1.03 bits per heavy atom. The number of halogens is 1. The molecule has 0 radical (unpaired) electrons. The summed E-state index contributed by atoms with van der Waals surface area (Å²) in [6.07, 6.45) is 0.612. The second-order valence-corrected chi connectivity index (χ2v) is 10.1. The van der Waals surface area contributed by atoms with E-state index in [2.05, 4.69) is 10.9 Å². The number of hydrogen-bond acceptors (Lipinski definition) is 5. The number of hydrazine groups is 1. The van der Waals surface area contributed by atoms with E-state index < -0.39 is 10.0 Å².